The fourth-order valence-electron chi connectivity index (χ4n) is 3.56. The number of rotatable bonds is 8. The van der Waals surface area contributed by atoms with Gasteiger partial charge in [-0.05, 0) is 60.5 Å². The van der Waals surface area contributed by atoms with E-state index in [-0.39, 0.29) is 35.1 Å². The summed E-state index contributed by atoms with van der Waals surface area (Å²) in [5.41, 5.74) is 3.05. The molecule has 1 amide bonds. The highest BCUT2D eigenvalue weighted by Crippen LogP contribution is 2.30. The summed E-state index contributed by atoms with van der Waals surface area (Å²) in [6, 6.07) is 23.9. The average Bonchev–Trinajstić information content (AvgIpc) is 2.88. The molecule has 35 heavy (non-hydrogen) atoms. The number of anilines is 1. The van der Waals surface area contributed by atoms with Crippen LogP contribution in [0.3, 0.4) is 0 Å². The second kappa shape index (κ2) is 10.7. The molecular weight excluding hydrogens is 482 g/mol. The number of para-hydroxylation sites is 1. The first-order chi connectivity index (χ1) is 16.8. The molecule has 1 heterocycles. The van der Waals surface area contributed by atoms with Crippen molar-refractivity contribution in [2.45, 2.75) is 24.9 Å². The Hall–Kier alpha value is -3.68. The number of sulfonamides is 1. The molecule has 4 rings (SSSR count). The standard InChI is InChI=1S/C27H24ClN3O3S/c1-20-8-14-24(15-9-20)35(33,34)31(19-21-10-12-23(28)13-11-21)26-7-3-2-6-25(26)27(32)30-18-22-5-4-16-29-17-22/h2-17H,18-19H2,1H3,(H,30,32). The highest BCUT2D eigenvalue weighted by Gasteiger charge is 2.28. The molecule has 0 fully saturated rings. The van der Waals surface area contributed by atoms with Gasteiger partial charge in [0.1, 0.15) is 0 Å². The molecule has 4 aromatic rings. The maximum absolute atomic E-state index is 13.8. The molecule has 0 saturated carbocycles. The number of aryl methyl sites for hydroxylation is 1. The molecule has 0 aliphatic rings. The van der Waals surface area contributed by atoms with Gasteiger partial charge in [0.05, 0.1) is 22.7 Å². The summed E-state index contributed by atoms with van der Waals surface area (Å²) in [5.74, 6) is -0.385. The number of pyridine rings is 1. The van der Waals surface area contributed by atoms with E-state index in [1.165, 1.54) is 4.31 Å². The van der Waals surface area contributed by atoms with E-state index in [9.17, 15) is 13.2 Å². The van der Waals surface area contributed by atoms with Gasteiger partial charge in [0.2, 0.25) is 0 Å². The van der Waals surface area contributed by atoms with Crippen molar-refractivity contribution in [2.75, 3.05) is 4.31 Å². The van der Waals surface area contributed by atoms with E-state index in [0.717, 1.165) is 16.7 Å². The number of benzene rings is 3. The summed E-state index contributed by atoms with van der Waals surface area (Å²) >= 11 is 6.03. The Morgan fingerprint density at radius 3 is 2.31 bits per heavy atom. The summed E-state index contributed by atoms with van der Waals surface area (Å²) in [6.45, 7) is 2.19. The van der Waals surface area contributed by atoms with Crippen molar-refractivity contribution in [2.24, 2.45) is 0 Å². The predicted molar refractivity (Wildman–Crippen MR) is 138 cm³/mol. The highest BCUT2D eigenvalue weighted by molar-refractivity contribution is 7.92. The van der Waals surface area contributed by atoms with Crippen LogP contribution in [-0.2, 0) is 23.1 Å². The lowest BCUT2D eigenvalue weighted by atomic mass is 10.1. The molecule has 178 valence electrons. The predicted octanol–water partition coefficient (Wildman–Crippen LogP) is 5.37. The zero-order chi connectivity index (χ0) is 24.8. The van der Waals surface area contributed by atoms with Crippen molar-refractivity contribution < 1.29 is 13.2 Å². The normalized spacial score (nSPS) is 11.1. The highest BCUT2D eigenvalue weighted by atomic mass is 35.5. The van der Waals surface area contributed by atoms with Crippen LogP contribution in [0.15, 0.2) is 102 Å². The summed E-state index contributed by atoms with van der Waals surface area (Å²) in [5, 5.41) is 3.42. The molecule has 0 spiro atoms. The third-order valence-corrected chi connectivity index (χ3v) is 7.47. The molecule has 0 aliphatic heterocycles. The Kier molecular flexibility index (Phi) is 7.48. The van der Waals surface area contributed by atoms with E-state index in [0.29, 0.717) is 5.02 Å². The summed E-state index contributed by atoms with van der Waals surface area (Å²) in [7, 11) is -3.99. The van der Waals surface area contributed by atoms with Crippen LogP contribution in [0.5, 0.6) is 0 Å². The van der Waals surface area contributed by atoms with Crippen LogP contribution in [0.1, 0.15) is 27.0 Å². The van der Waals surface area contributed by atoms with Crippen molar-refractivity contribution in [3.63, 3.8) is 0 Å². The lowest BCUT2D eigenvalue weighted by Crippen LogP contribution is -2.33. The molecule has 8 heteroatoms. The van der Waals surface area contributed by atoms with Crippen LogP contribution in [0.2, 0.25) is 5.02 Å². The van der Waals surface area contributed by atoms with Gasteiger partial charge in [-0.2, -0.15) is 0 Å². The maximum atomic E-state index is 13.8. The number of hydrogen-bond donors (Lipinski definition) is 1. The van der Waals surface area contributed by atoms with Gasteiger partial charge in [0, 0.05) is 24.0 Å². The molecule has 0 unspecified atom stereocenters. The van der Waals surface area contributed by atoms with E-state index in [1.807, 2.05) is 13.0 Å². The number of aromatic nitrogens is 1. The van der Waals surface area contributed by atoms with Crippen LogP contribution < -0.4 is 9.62 Å². The molecule has 1 aromatic heterocycles. The maximum Gasteiger partial charge on any atom is 0.264 e. The number of nitrogens with zero attached hydrogens (tertiary/aromatic N) is 2. The topological polar surface area (TPSA) is 79.4 Å². The van der Waals surface area contributed by atoms with Crippen LogP contribution in [0, 0.1) is 6.92 Å². The molecule has 0 bridgehead atoms. The quantitative estimate of drug-likeness (QED) is 0.349. The fourth-order valence-corrected chi connectivity index (χ4v) is 5.15. The minimum Gasteiger partial charge on any atom is -0.348 e. The molecule has 1 N–H and O–H groups in total. The van der Waals surface area contributed by atoms with Gasteiger partial charge >= 0.3 is 0 Å². The van der Waals surface area contributed by atoms with Crippen LogP contribution in [0.4, 0.5) is 5.69 Å². The second-order valence-electron chi connectivity index (χ2n) is 8.01. The van der Waals surface area contributed by atoms with E-state index < -0.39 is 10.0 Å². The number of nitrogens with one attached hydrogen (secondary N) is 1. The van der Waals surface area contributed by atoms with Gasteiger partial charge in [0.25, 0.3) is 15.9 Å². The van der Waals surface area contributed by atoms with Gasteiger partial charge in [-0.15, -0.1) is 0 Å². The molecule has 6 nitrogen and oxygen atoms in total. The first-order valence-corrected chi connectivity index (χ1v) is 12.8. The lowest BCUT2D eigenvalue weighted by molar-refractivity contribution is 0.0951. The summed E-state index contributed by atoms with van der Waals surface area (Å²) < 4.78 is 28.9. The first kappa shape index (κ1) is 24.4. The average molecular weight is 506 g/mol. The van der Waals surface area contributed by atoms with Gasteiger partial charge in [-0.25, -0.2) is 8.42 Å². The van der Waals surface area contributed by atoms with Crippen molar-refractivity contribution >= 4 is 33.2 Å². The largest absolute Gasteiger partial charge is 0.348 e. The fraction of sp³-hybridized carbons (Fsp3) is 0.111. The first-order valence-electron chi connectivity index (χ1n) is 10.9. The van der Waals surface area contributed by atoms with E-state index in [2.05, 4.69) is 10.3 Å². The zero-order valence-corrected chi connectivity index (χ0v) is 20.6. The Bertz CT molecular complexity index is 1410. The second-order valence-corrected chi connectivity index (χ2v) is 10.3. The van der Waals surface area contributed by atoms with Crippen molar-refractivity contribution in [1.82, 2.24) is 10.3 Å². The molecular formula is C27H24ClN3O3S. The van der Waals surface area contributed by atoms with Gasteiger partial charge in [-0.3, -0.25) is 14.1 Å². The van der Waals surface area contributed by atoms with Gasteiger partial charge in [0.15, 0.2) is 0 Å². The van der Waals surface area contributed by atoms with Crippen molar-refractivity contribution in [1.29, 1.82) is 0 Å². The molecule has 0 aliphatic carbocycles. The SMILES string of the molecule is Cc1ccc(S(=O)(=O)N(Cc2ccc(Cl)cc2)c2ccccc2C(=O)NCc2cccnc2)cc1. The third-order valence-electron chi connectivity index (χ3n) is 5.44. The monoisotopic (exact) mass is 505 g/mol. The molecule has 0 radical (unpaired) electrons. The number of carbonyl (C=O) groups is 1. The summed E-state index contributed by atoms with van der Waals surface area (Å²) in [6.07, 6.45) is 3.33. The smallest absolute Gasteiger partial charge is 0.264 e. The molecule has 0 saturated heterocycles. The van der Waals surface area contributed by atoms with Gasteiger partial charge < -0.3 is 5.32 Å². The van der Waals surface area contributed by atoms with Crippen molar-refractivity contribution in [3.8, 4) is 0 Å². The van der Waals surface area contributed by atoms with Gasteiger partial charge in [-0.1, -0.05) is 59.6 Å². The minimum absolute atomic E-state index is 0.0281. The Morgan fingerprint density at radius 1 is 0.914 bits per heavy atom. The third kappa shape index (κ3) is 5.88. The Labute approximate surface area is 210 Å². The number of carbonyl (C=O) groups excluding carboxylic acids is 1. The van der Waals surface area contributed by atoms with E-state index in [1.54, 1.807) is 91.3 Å². The number of hydrogen-bond acceptors (Lipinski definition) is 4. The number of halogens is 1. The zero-order valence-electron chi connectivity index (χ0n) is 19.1. The van der Waals surface area contributed by atoms with Crippen LogP contribution >= 0.6 is 11.6 Å². The molecule has 3 aromatic carbocycles. The van der Waals surface area contributed by atoms with Crippen LogP contribution in [0.25, 0.3) is 0 Å². The minimum atomic E-state index is -3.99. The molecule has 0 atom stereocenters. The van der Waals surface area contributed by atoms with E-state index >= 15 is 0 Å². The van der Waals surface area contributed by atoms with Crippen LogP contribution in [-0.4, -0.2) is 19.3 Å². The lowest BCUT2D eigenvalue weighted by Gasteiger charge is -2.27. The van der Waals surface area contributed by atoms with E-state index in [4.69, 9.17) is 11.6 Å². The summed E-state index contributed by atoms with van der Waals surface area (Å²) in [4.78, 5) is 17.4. The van der Waals surface area contributed by atoms with Crippen molar-refractivity contribution in [3.05, 3.63) is 125 Å². The Balaban J connectivity index is 1.73. The Morgan fingerprint density at radius 2 is 1.63 bits per heavy atom. The number of amides is 1.